The lowest BCUT2D eigenvalue weighted by atomic mass is 10.0. The lowest BCUT2D eigenvalue weighted by Gasteiger charge is -2.26. The lowest BCUT2D eigenvalue weighted by molar-refractivity contribution is -0.142. The van der Waals surface area contributed by atoms with Crippen molar-refractivity contribution in [3.05, 3.63) is 29.8 Å². The Labute approximate surface area is 206 Å². The molecule has 0 aromatic heterocycles. The number of phenols is 1. The van der Waals surface area contributed by atoms with E-state index in [1.54, 1.807) is 12.1 Å². The van der Waals surface area contributed by atoms with E-state index in [-0.39, 0.29) is 24.3 Å². The van der Waals surface area contributed by atoms with Crippen LogP contribution in [0.2, 0.25) is 0 Å². The largest absolute Gasteiger partial charge is 0.508 e. The molecular formula is C21H30N4O9S. The van der Waals surface area contributed by atoms with Crippen LogP contribution >= 0.6 is 12.6 Å². The molecule has 0 aliphatic carbocycles. The highest BCUT2D eigenvalue weighted by molar-refractivity contribution is 7.80. The van der Waals surface area contributed by atoms with Gasteiger partial charge < -0.3 is 42.1 Å². The van der Waals surface area contributed by atoms with Gasteiger partial charge in [-0.1, -0.05) is 12.1 Å². The summed E-state index contributed by atoms with van der Waals surface area (Å²) in [7, 11) is 0. The molecule has 0 heterocycles. The molecule has 0 saturated heterocycles. The van der Waals surface area contributed by atoms with Crippen LogP contribution in [0.25, 0.3) is 0 Å². The van der Waals surface area contributed by atoms with Crippen LogP contribution in [0.3, 0.4) is 0 Å². The summed E-state index contributed by atoms with van der Waals surface area (Å²) < 4.78 is 0. The third-order valence-electron chi connectivity index (χ3n) is 4.87. The van der Waals surface area contributed by atoms with Crippen LogP contribution in [-0.2, 0) is 30.4 Å². The molecule has 35 heavy (non-hydrogen) atoms. The number of carbonyl (C=O) groups is 5. The summed E-state index contributed by atoms with van der Waals surface area (Å²) in [5.74, 6) is -5.63. The molecular weight excluding hydrogens is 484 g/mol. The van der Waals surface area contributed by atoms with Gasteiger partial charge in [0.15, 0.2) is 0 Å². The first-order valence-electron chi connectivity index (χ1n) is 10.5. The fourth-order valence-electron chi connectivity index (χ4n) is 2.90. The van der Waals surface area contributed by atoms with Crippen molar-refractivity contribution >= 4 is 42.3 Å². The van der Waals surface area contributed by atoms with Crippen LogP contribution in [0.1, 0.15) is 25.3 Å². The van der Waals surface area contributed by atoms with Crippen molar-refractivity contribution in [3.63, 3.8) is 0 Å². The van der Waals surface area contributed by atoms with E-state index in [1.165, 1.54) is 19.1 Å². The molecule has 0 aliphatic rings. The number of amides is 3. The number of rotatable bonds is 14. The number of thiol groups is 1. The summed E-state index contributed by atoms with van der Waals surface area (Å²) in [5.41, 5.74) is 6.52. The summed E-state index contributed by atoms with van der Waals surface area (Å²) in [4.78, 5) is 59.9. The monoisotopic (exact) mass is 514 g/mol. The Morgan fingerprint density at radius 3 is 2.00 bits per heavy atom. The zero-order valence-electron chi connectivity index (χ0n) is 18.9. The van der Waals surface area contributed by atoms with Gasteiger partial charge in [-0.25, -0.2) is 4.79 Å². The van der Waals surface area contributed by atoms with Gasteiger partial charge in [-0.05, 0) is 37.5 Å². The second kappa shape index (κ2) is 14.1. The predicted molar refractivity (Wildman–Crippen MR) is 126 cm³/mol. The maximum absolute atomic E-state index is 12.8. The van der Waals surface area contributed by atoms with Crippen LogP contribution in [0, 0.1) is 0 Å². The number of aliphatic hydroxyl groups is 1. The molecule has 1 aromatic rings. The highest BCUT2D eigenvalue weighted by Gasteiger charge is 2.32. The number of carboxylic acid groups (broad SMARTS) is 2. The first-order valence-corrected chi connectivity index (χ1v) is 11.2. The van der Waals surface area contributed by atoms with E-state index < -0.39 is 66.4 Å². The number of carboxylic acids is 2. The van der Waals surface area contributed by atoms with E-state index in [0.29, 0.717) is 5.56 Å². The number of phenolic OH excluding ortho intramolecular Hbond substituents is 1. The first kappa shape index (κ1) is 29.7. The van der Waals surface area contributed by atoms with Gasteiger partial charge in [-0.3, -0.25) is 19.2 Å². The quantitative estimate of drug-likeness (QED) is 0.124. The lowest BCUT2D eigenvalue weighted by Crippen LogP contribution is -2.60. The zero-order valence-corrected chi connectivity index (χ0v) is 19.8. The third-order valence-corrected chi connectivity index (χ3v) is 5.23. The van der Waals surface area contributed by atoms with Crippen LogP contribution in [0.15, 0.2) is 24.3 Å². The minimum Gasteiger partial charge on any atom is -0.508 e. The number of nitrogens with two attached hydrogens (primary N) is 1. The van der Waals surface area contributed by atoms with Gasteiger partial charge in [-0.15, -0.1) is 0 Å². The van der Waals surface area contributed by atoms with Gasteiger partial charge in [0, 0.05) is 12.2 Å². The molecule has 1 rings (SSSR count). The zero-order chi connectivity index (χ0) is 26.7. The van der Waals surface area contributed by atoms with Gasteiger partial charge >= 0.3 is 11.9 Å². The third kappa shape index (κ3) is 10.2. The number of aliphatic hydroxyl groups excluding tert-OH is 1. The second-order valence-electron chi connectivity index (χ2n) is 7.78. The van der Waals surface area contributed by atoms with E-state index in [1.807, 2.05) is 0 Å². The molecule has 0 fully saturated rings. The fourth-order valence-corrected chi connectivity index (χ4v) is 3.15. The topological polar surface area (TPSA) is 228 Å². The van der Waals surface area contributed by atoms with E-state index in [2.05, 4.69) is 28.6 Å². The van der Waals surface area contributed by atoms with Crippen molar-refractivity contribution in [2.24, 2.45) is 5.73 Å². The van der Waals surface area contributed by atoms with Gasteiger partial charge in [0.2, 0.25) is 17.7 Å². The highest BCUT2D eigenvalue weighted by Crippen LogP contribution is 2.11. The van der Waals surface area contributed by atoms with Crippen molar-refractivity contribution in [3.8, 4) is 5.75 Å². The molecule has 5 atom stereocenters. The fraction of sp³-hybridized carbons (Fsp3) is 0.476. The average molecular weight is 515 g/mol. The minimum atomic E-state index is -1.55. The molecule has 3 amide bonds. The van der Waals surface area contributed by atoms with Crippen molar-refractivity contribution in [2.45, 2.75) is 56.5 Å². The summed E-state index contributed by atoms with van der Waals surface area (Å²) >= 11 is 3.83. The van der Waals surface area contributed by atoms with Crippen molar-refractivity contribution in [1.29, 1.82) is 0 Å². The number of nitrogens with one attached hydrogen (secondary N) is 3. The number of carbonyl (C=O) groups excluding carboxylic acids is 3. The summed E-state index contributed by atoms with van der Waals surface area (Å²) in [6.07, 6.45) is -2.27. The van der Waals surface area contributed by atoms with Crippen LogP contribution in [0.4, 0.5) is 0 Å². The number of aliphatic carboxylic acids is 2. The first-order chi connectivity index (χ1) is 16.3. The Morgan fingerprint density at radius 1 is 0.943 bits per heavy atom. The number of hydrogen-bond acceptors (Lipinski definition) is 9. The van der Waals surface area contributed by atoms with Crippen molar-refractivity contribution < 1.29 is 44.4 Å². The summed E-state index contributed by atoms with van der Waals surface area (Å²) in [6, 6.07) is 0.419. The SMILES string of the molecule is CC(O)C(NC(=O)C(N)Cc1ccc(O)cc1)C(=O)NC(CCC(=O)O)C(=O)NC(CS)C(=O)O. The number of aromatic hydroxyl groups is 1. The minimum absolute atomic E-state index is 0.0307. The Balaban J connectivity index is 2.92. The maximum Gasteiger partial charge on any atom is 0.327 e. The summed E-state index contributed by atoms with van der Waals surface area (Å²) in [5, 5.41) is 44.1. The molecule has 13 nitrogen and oxygen atoms in total. The van der Waals surface area contributed by atoms with E-state index in [9.17, 15) is 34.2 Å². The molecule has 194 valence electrons. The van der Waals surface area contributed by atoms with Crippen LogP contribution < -0.4 is 21.7 Å². The molecule has 0 saturated carbocycles. The normalized spacial score (nSPS) is 15.1. The maximum atomic E-state index is 12.8. The number of hydrogen-bond donors (Lipinski definition) is 9. The van der Waals surface area contributed by atoms with Crippen LogP contribution in [0.5, 0.6) is 5.75 Å². The molecule has 1 aromatic carbocycles. The number of benzene rings is 1. The van der Waals surface area contributed by atoms with E-state index in [0.717, 1.165) is 0 Å². The van der Waals surface area contributed by atoms with Crippen molar-refractivity contribution in [2.75, 3.05) is 5.75 Å². The molecule has 14 heteroatoms. The Bertz CT molecular complexity index is 911. The van der Waals surface area contributed by atoms with E-state index >= 15 is 0 Å². The molecule has 0 bridgehead atoms. The Morgan fingerprint density at radius 2 is 1.51 bits per heavy atom. The molecule has 0 spiro atoms. The van der Waals surface area contributed by atoms with Gasteiger partial charge in [0.25, 0.3) is 0 Å². The standard InChI is InChI=1S/C21H30N4O9S/c1-10(26)17(25-18(30)13(22)8-11-2-4-12(27)5-3-11)20(32)23-14(6-7-16(28)29)19(31)24-15(9-35)21(33)34/h2-5,10,13-15,17,26-27,35H,6-9,22H2,1H3,(H,23,32)(H,24,31)(H,25,30)(H,28,29)(H,33,34). The molecule has 5 unspecified atom stereocenters. The smallest absolute Gasteiger partial charge is 0.327 e. The molecule has 0 aliphatic heterocycles. The van der Waals surface area contributed by atoms with Gasteiger partial charge in [0.1, 0.15) is 23.9 Å². The molecule has 9 N–H and O–H groups in total. The summed E-state index contributed by atoms with van der Waals surface area (Å²) in [6.45, 7) is 1.21. The highest BCUT2D eigenvalue weighted by atomic mass is 32.1. The van der Waals surface area contributed by atoms with E-state index in [4.69, 9.17) is 15.9 Å². The molecule has 0 radical (unpaired) electrons. The van der Waals surface area contributed by atoms with Gasteiger partial charge in [0.05, 0.1) is 12.1 Å². The Hall–Kier alpha value is -3.36. The van der Waals surface area contributed by atoms with Crippen LogP contribution in [-0.4, -0.2) is 86.1 Å². The second-order valence-corrected chi connectivity index (χ2v) is 8.14. The van der Waals surface area contributed by atoms with Crippen molar-refractivity contribution in [1.82, 2.24) is 16.0 Å². The Kier molecular flexibility index (Phi) is 12.0. The predicted octanol–water partition coefficient (Wildman–Crippen LogP) is -2.02. The average Bonchev–Trinajstić information content (AvgIpc) is 2.78. The van der Waals surface area contributed by atoms with Gasteiger partial charge in [-0.2, -0.15) is 12.6 Å².